The number of methoxy groups -OCH3 is 3. The summed E-state index contributed by atoms with van der Waals surface area (Å²) in [4.78, 5) is 25.1. The molecule has 2 rings (SSSR count). The molecular formula is C15H19NO5S. The Balaban J connectivity index is 2.22. The van der Waals surface area contributed by atoms with Crippen molar-refractivity contribution in [3.63, 3.8) is 0 Å². The van der Waals surface area contributed by atoms with Crippen LogP contribution in [0.3, 0.4) is 0 Å². The van der Waals surface area contributed by atoms with E-state index in [2.05, 4.69) is 4.74 Å². The summed E-state index contributed by atoms with van der Waals surface area (Å²) in [5.41, 5.74) is 0.893. The monoisotopic (exact) mass is 325 g/mol. The molecule has 120 valence electrons. The van der Waals surface area contributed by atoms with Crippen molar-refractivity contribution in [2.75, 3.05) is 33.6 Å². The highest BCUT2D eigenvalue weighted by Gasteiger charge is 2.34. The van der Waals surface area contributed by atoms with E-state index in [1.807, 2.05) is 12.1 Å². The summed E-state index contributed by atoms with van der Waals surface area (Å²) < 4.78 is 15.2. The molecule has 1 aliphatic rings. The summed E-state index contributed by atoms with van der Waals surface area (Å²) in [6, 6.07) is 5.51. The van der Waals surface area contributed by atoms with E-state index in [1.54, 1.807) is 25.2 Å². The SMILES string of the molecule is COC(=O)CCN1C(=O)CSC1c1ccc(OC)cc1OC. The zero-order valence-electron chi connectivity index (χ0n) is 12.8. The lowest BCUT2D eigenvalue weighted by Gasteiger charge is -2.25. The van der Waals surface area contributed by atoms with Gasteiger partial charge in [0.2, 0.25) is 5.91 Å². The summed E-state index contributed by atoms with van der Waals surface area (Å²) in [5.74, 6) is 1.42. The molecule has 1 atom stereocenters. The quantitative estimate of drug-likeness (QED) is 0.744. The van der Waals surface area contributed by atoms with Gasteiger partial charge in [-0.05, 0) is 12.1 Å². The van der Waals surface area contributed by atoms with Crippen LogP contribution in [0, 0.1) is 0 Å². The number of nitrogens with zero attached hydrogens (tertiary/aromatic N) is 1. The van der Waals surface area contributed by atoms with E-state index >= 15 is 0 Å². The minimum atomic E-state index is -0.329. The molecule has 0 spiro atoms. The third-order valence-corrected chi connectivity index (χ3v) is 4.70. The highest BCUT2D eigenvalue weighted by atomic mass is 32.2. The fraction of sp³-hybridized carbons (Fsp3) is 0.467. The maximum absolute atomic E-state index is 12.1. The maximum atomic E-state index is 12.1. The van der Waals surface area contributed by atoms with Crippen LogP contribution < -0.4 is 9.47 Å². The molecule has 1 amide bonds. The molecule has 0 N–H and O–H groups in total. The Kier molecular flexibility index (Phi) is 5.54. The van der Waals surface area contributed by atoms with Gasteiger partial charge in [0.1, 0.15) is 16.9 Å². The van der Waals surface area contributed by atoms with Crippen molar-refractivity contribution in [1.82, 2.24) is 4.90 Å². The predicted molar refractivity (Wildman–Crippen MR) is 83.1 cm³/mol. The van der Waals surface area contributed by atoms with Crippen LogP contribution in [-0.4, -0.2) is 50.4 Å². The molecule has 0 bridgehead atoms. The average Bonchev–Trinajstić information content (AvgIpc) is 2.92. The third-order valence-electron chi connectivity index (χ3n) is 3.46. The molecule has 1 aromatic carbocycles. The molecule has 1 aromatic rings. The van der Waals surface area contributed by atoms with E-state index in [4.69, 9.17) is 9.47 Å². The second-order valence-electron chi connectivity index (χ2n) is 4.68. The second kappa shape index (κ2) is 7.40. The molecule has 0 radical (unpaired) electrons. The predicted octanol–water partition coefficient (Wildman–Crippen LogP) is 1.84. The molecule has 6 nitrogen and oxygen atoms in total. The van der Waals surface area contributed by atoms with Gasteiger partial charge in [0.25, 0.3) is 0 Å². The zero-order valence-corrected chi connectivity index (χ0v) is 13.6. The van der Waals surface area contributed by atoms with Crippen LogP contribution >= 0.6 is 11.8 Å². The largest absolute Gasteiger partial charge is 0.497 e. The fourth-order valence-electron chi connectivity index (χ4n) is 2.29. The van der Waals surface area contributed by atoms with Gasteiger partial charge in [0.15, 0.2) is 0 Å². The first kappa shape index (κ1) is 16.5. The van der Waals surface area contributed by atoms with Crippen LogP contribution in [0.2, 0.25) is 0 Å². The van der Waals surface area contributed by atoms with Gasteiger partial charge in [-0.1, -0.05) is 0 Å². The van der Waals surface area contributed by atoms with Crippen molar-refractivity contribution in [3.8, 4) is 11.5 Å². The first-order valence-corrected chi connectivity index (χ1v) is 7.85. The molecule has 0 aromatic heterocycles. The van der Waals surface area contributed by atoms with Crippen LogP contribution in [0.5, 0.6) is 11.5 Å². The number of carbonyl (C=O) groups is 2. The maximum Gasteiger partial charge on any atom is 0.307 e. The van der Waals surface area contributed by atoms with Gasteiger partial charge in [0.05, 0.1) is 33.5 Å². The van der Waals surface area contributed by atoms with Gasteiger partial charge in [-0.15, -0.1) is 11.8 Å². The standard InChI is InChI=1S/C15H19NO5S/c1-19-10-4-5-11(12(8-10)20-2)15-16(13(17)9-22-15)7-6-14(18)21-3/h4-5,8,15H,6-7,9H2,1-3H3. The molecular weight excluding hydrogens is 306 g/mol. The summed E-state index contributed by atoms with van der Waals surface area (Å²) in [6.07, 6.45) is 0.178. The molecule has 0 saturated carbocycles. The number of amides is 1. The van der Waals surface area contributed by atoms with Gasteiger partial charge in [-0.2, -0.15) is 0 Å². The van der Waals surface area contributed by atoms with Crippen LogP contribution in [-0.2, 0) is 14.3 Å². The van der Waals surface area contributed by atoms with Crippen LogP contribution in [0.15, 0.2) is 18.2 Å². The van der Waals surface area contributed by atoms with Gasteiger partial charge >= 0.3 is 5.97 Å². The number of carbonyl (C=O) groups excluding carboxylic acids is 2. The lowest BCUT2D eigenvalue weighted by Crippen LogP contribution is -2.30. The summed E-state index contributed by atoms with van der Waals surface area (Å²) in [5, 5.41) is -0.169. The zero-order chi connectivity index (χ0) is 16.1. The highest BCUT2D eigenvalue weighted by molar-refractivity contribution is 8.00. The van der Waals surface area contributed by atoms with Crippen LogP contribution in [0.25, 0.3) is 0 Å². The Labute approximate surface area is 133 Å². The molecule has 22 heavy (non-hydrogen) atoms. The molecule has 1 saturated heterocycles. The van der Waals surface area contributed by atoms with Crippen molar-refractivity contribution in [1.29, 1.82) is 0 Å². The lowest BCUT2D eigenvalue weighted by atomic mass is 10.1. The Morgan fingerprint density at radius 2 is 2.09 bits per heavy atom. The molecule has 7 heteroatoms. The van der Waals surface area contributed by atoms with Gasteiger partial charge < -0.3 is 19.1 Å². The Hall–Kier alpha value is -1.89. The number of rotatable bonds is 6. The van der Waals surface area contributed by atoms with Crippen molar-refractivity contribution < 1.29 is 23.8 Å². The number of thioether (sulfide) groups is 1. The van der Waals surface area contributed by atoms with Crippen LogP contribution in [0.4, 0.5) is 0 Å². The van der Waals surface area contributed by atoms with Crippen molar-refractivity contribution in [3.05, 3.63) is 23.8 Å². The number of ether oxygens (including phenoxy) is 3. The first-order chi connectivity index (χ1) is 10.6. The van der Waals surface area contributed by atoms with Crippen molar-refractivity contribution >= 4 is 23.6 Å². The average molecular weight is 325 g/mol. The number of esters is 1. The number of benzene rings is 1. The van der Waals surface area contributed by atoms with E-state index in [-0.39, 0.29) is 23.7 Å². The third kappa shape index (κ3) is 3.47. The van der Waals surface area contributed by atoms with Crippen LogP contribution in [0.1, 0.15) is 17.4 Å². The summed E-state index contributed by atoms with van der Waals surface area (Å²) >= 11 is 1.52. The minimum absolute atomic E-state index is 0.0109. The minimum Gasteiger partial charge on any atom is -0.497 e. The summed E-state index contributed by atoms with van der Waals surface area (Å²) in [7, 11) is 4.51. The van der Waals surface area contributed by atoms with Crippen molar-refractivity contribution in [2.24, 2.45) is 0 Å². The highest BCUT2D eigenvalue weighted by Crippen LogP contribution is 2.43. The first-order valence-electron chi connectivity index (χ1n) is 6.80. The molecule has 1 aliphatic heterocycles. The Bertz CT molecular complexity index is 563. The summed E-state index contributed by atoms with van der Waals surface area (Å²) in [6.45, 7) is 0.332. The topological polar surface area (TPSA) is 65.1 Å². The Morgan fingerprint density at radius 1 is 1.32 bits per heavy atom. The van der Waals surface area contributed by atoms with E-state index in [0.717, 1.165) is 5.56 Å². The fourth-order valence-corrected chi connectivity index (χ4v) is 3.53. The number of hydrogen-bond acceptors (Lipinski definition) is 6. The van der Waals surface area contributed by atoms with Gasteiger partial charge in [-0.3, -0.25) is 9.59 Å². The van der Waals surface area contributed by atoms with Crippen molar-refractivity contribution in [2.45, 2.75) is 11.8 Å². The van der Waals surface area contributed by atoms with E-state index < -0.39 is 0 Å². The normalized spacial score (nSPS) is 17.5. The van der Waals surface area contributed by atoms with E-state index in [0.29, 0.717) is 23.8 Å². The smallest absolute Gasteiger partial charge is 0.307 e. The second-order valence-corrected chi connectivity index (χ2v) is 5.75. The van der Waals surface area contributed by atoms with Gasteiger partial charge in [-0.25, -0.2) is 0 Å². The van der Waals surface area contributed by atoms with E-state index in [1.165, 1.54) is 18.9 Å². The lowest BCUT2D eigenvalue weighted by molar-refractivity contribution is -0.141. The van der Waals surface area contributed by atoms with Gasteiger partial charge in [0, 0.05) is 18.2 Å². The van der Waals surface area contributed by atoms with E-state index in [9.17, 15) is 9.59 Å². The number of hydrogen-bond donors (Lipinski definition) is 0. The molecule has 1 fully saturated rings. The molecule has 0 aliphatic carbocycles. The Morgan fingerprint density at radius 3 is 2.73 bits per heavy atom. The molecule has 1 unspecified atom stereocenters. The molecule has 1 heterocycles.